The lowest BCUT2D eigenvalue weighted by Crippen LogP contribution is -2.45. The zero-order valence-electron chi connectivity index (χ0n) is 10.5. The van der Waals surface area contributed by atoms with Crippen LogP contribution < -0.4 is 5.32 Å². The summed E-state index contributed by atoms with van der Waals surface area (Å²) in [7, 11) is 0. The molecule has 2 aliphatic rings. The lowest BCUT2D eigenvalue weighted by Gasteiger charge is -2.32. The lowest BCUT2D eigenvalue weighted by molar-refractivity contribution is 0.166. The molecule has 2 fully saturated rings. The standard InChI is InChI=1S/C13H21N3O/c1-10-7-13(17-15-10)9-16-6-2-3-12(8-16)14-11-4-5-11/h7,11-12,14H,2-6,8-9H2,1H3. The van der Waals surface area contributed by atoms with Crippen LogP contribution in [0.25, 0.3) is 0 Å². The molecule has 1 aromatic rings. The number of piperidine rings is 1. The normalized spacial score (nSPS) is 26.3. The Labute approximate surface area is 102 Å². The fourth-order valence-corrected chi connectivity index (χ4v) is 2.63. The number of nitrogens with zero attached hydrogens (tertiary/aromatic N) is 2. The largest absolute Gasteiger partial charge is 0.360 e. The zero-order valence-corrected chi connectivity index (χ0v) is 10.5. The predicted octanol–water partition coefficient (Wildman–Crippen LogP) is 1.70. The minimum Gasteiger partial charge on any atom is -0.360 e. The SMILES string of the molecule is Cc1cc(CN2CCCC(NC3CC3)C2)on1. The molecule has 0 radical (unpaired) electrons. The summed E-state index contributed by atoms with van der Waals surface area (Å²) >= 11 is 0. The van der Waals surface area contributed by atoms with Gasteiger partial charge in [-0.1, -0.05) is 5.16 Å². The van der Waals surface area contributed by atoms with Gasteiger partial charge < -0.3 is 9.84 Å². The number of rotatable bonds is 4. The van der Waals surface area contributed by atoms with Crippen LogP contribution >= 0.6 is 0 Å². The molecule has 1 saturated carbocycles. The second-order valence-corrected chi connectivity index (χ2v) is 5.45. The van der Waals surface area contributed by atoms with Crippen LogP contribution in [0.3, 0.4) is 0 Å². The summed E-state index contributed by atoms with van der Waals surface area (Å²) in [4.78, 5) is 2.48. The molecule has 94 valence electrons. The van der Waals surface area contributed by atoms with Gasteiger partial charge in [0.1, 0.15) is 0 Å². The van der Waals surface area contributed by atoms with Gasteiger partial charge in [-0.15, -0.1) is 0 Å². The topological polar surface area (TPSA) is 41.3 Å². The first-order valence-corrected chi connectivity index (χ1v) is 6.70. The monoisotopic (exact) mass is 235 g/mol. The molecule has 4 heteroatoms. The highest BCUT2D eigenvalue weighted by Crippen LogP contribution is 2.22. The first-order chi connectivity index (χ1) is 8.29. The third kappa shape index (κ3) is 3.07. The van der Waals surface area contributed by atoms with Gasteiger partial charge >= 0.3 is 0 Å². The summed E-state index contributed by atoms with van der Waals surface area (Å²) in [5.41, 5.74) is 0.977. The number of hydrogen-bond donors (Lipinski definition) is 1. The highest BCUT2D eigenvalue weighted by molar-refractivity contribution is 5.03. The number of hydrogen-bond acceptors (Lipinski definition) is 4. The Balaban J connectivity index is 1.52. The van der Waals surface area contributed by atoms with E-state index in [4.69, 9.17) is 4.52 Å². The Morgan fingerprint density at radius 1 is 1.41 bits per heavy atom. The Morgan fingerprint density at radius 2 is 2.29 bits per heavy atom. The van der Waals surface area contributed by atoms with Crippen molar-refractivity contribution in [1.82, 2.24) is 15.4 Å². The molecule has 1 N–H and O–H groups in total. The number of nitrogens with one attached hydrogen (secondary N) is 1. The second kappa shape index (κ2) is 4.78. The van der Waals surface area contributed by atoms with E-state index in [9.17, 15) is 0 Å². The van der Waals surface area contributed by atoms with Gasteiger partial charge in [0.25, 0.3) is 0 Å². The molecule has 17 heavy (non-hydrogen) atoms. The summed E-state index contributed by atoms with van der Waals surface area (Å²) in [5, 5.41) is 7.67. The molecule has 0 spiro atoms. The molecule has 0 bridgehead atoms. The van der Waals surface area contributed by atoms with E-state index in [1.165, 1.54) is 32.2 Å². The van der Waals surface area contributed by atoms with Gasteiger partial charge in [0.2, 0.25) is 0 Å². The van der Waals surface area contributed by atoms with Crippen LogP contribution in [-0.2, 0) is 6.54 Å². The van der Waals surface area contributed by atoms with Crippen molar-refractivity contribution in [2.75, 3.05) is 13.1 Å². The predicted molar refractivity (Wildman–Crippen MR) is 65.7 cm³/mol. The Hall–Kier alpha value is -0.870. The third-order valence-corrected chi connectivity index (χ3v) is 3.61. The summed E-state index contributed by atoms with van der Waals surface area (Å²) in [5.74, 6) is 0.995. The van der Waals surface area contributed by atoms with E-state index in [1.807, 2.05) is 13.0 Å². The fourth-order valence-electron chi connectivity index (χ4n) is 2.63. The Kier molecular flexibility index (Phi) is 3.16. The molecule has 1 aliphatic heterocycles. The Bertz CT molecular complexity index is 372. The molecule has 1 saturated heterocycles. The molecule has 2 heterocycles. The maximum atomic E-state index is 5.28. The van der Waals surface area contributed by atoms with Crippen molar-refractivity contribution in [1.29, 1.82) is 0 Å². The van der Waals surface area contributed by atoms with Crippen molar-refractivity contribution >= 4 is 0 Å². The van der Waals surface area contributed by atoms with Crippen molar-refractivity contribution in [2.45, 2.75) is 51.2 Å². The van der Waals surface area contributed by atoms with Crippen LogP contribution in [0.15, 0.2) is 10.6 Å². The highest BCUT2D eigenvalue weighted by Gasteiger charge is 2.27. The zero-order chi connectivity index (χ0) is 11.7. The lowest BCUT2D eigenvalue weighted by atomic mass is 10.1. The molecular weight excluding hydrogens is 214 g/mol. The van der Waals surface area contributed by atoms with Crippen LogP contribution in [0.2, 0.25) is 0 Å². The maximum absolute atomic E-state index is 5.28. The van der Waals surface area contributed by atoms with Crippen molar-refractivity contribution in [3.05, 3.63) is 17.5 Å². The van der Waals surface area contributed by atoms with Crippen LogP contribution in [0, 0.1) is 6.92 Å². The summed E-state index contributed by atoms with van der Waals surface area (Å²) in [6, 6.07) is 3.53. The van der Waals surface area contributed by atoms with E-state index < -0.39 is 0 Å². The molecule has 1 aromatic heterocycles. The van der Waals surface area contributed by atoms with Crippen LogP contribution in [-0.4, -0.2) is 35.2 Å². The maximum Gasteiger partial charge on any atom is 0.150 e. The Morgan fingerprint density at radius 3 is 3.00 bits per heavy atom. The fraction of sp³-hybridized carbons (Fsp3) is 0.769. The van der Waals surface area contributed by atoms with Gasteiger partial charge in [-0.3, -0.25) is 4.90 Å². The van der Waals surface area contributed by atoms with Crippen LogP contribution in [0.4, 0.5) is 0 Å². The molecule has 1 unspecified atom stereocenters. The number of aryl methyl sites for hydroxylation is 1. The quantitative estimate of drug-likeness (QED) is 0.862. The second-order valence-electron chi connectivity index (χ2n) is 5.45. The van der Waals surface area contributed by atoms with Crippen molar-refractivity contribution in [3.8, 4) is 0 Å². The van der Waals surface area contributed by atoms with Gasteiger partial charge in [0, 0.05) is 24.7 Å². The van der Waals surface area contributed by atoms with Gasteiger partial charge in [-0.25, -0.2) is 0 Å². The summed E-state index contributed by atoms with van der Waals surface area (Å²) < 4.78 is 5.28. The molecular formula is C13H21N3O. The molecule has 1 atom stereocenters. The molecule has 4 nitrogen and oxygen atoms in total. The van der Waals surface area contributed by atoms with Gasteiger partial charge in [-0.2, -0.15) is 0 Å². The van der Waals surface area contributed by atoms with Gasteiger partial charge in [-0.05, 0) is 39.2 Å². The smallest absolute Gasteiger partial charge is 0.150 e. The van der Waals surface area contributed by atoms with Crippen molar-refractivity contribution in [2.24, 2.45) is 0 Å². The molecule has 0 amide bonds. The van der Waals surface area contributed by atoms with E-state index in [0.29, 0.717) is 6.04 Å². The van der Waals surface area contributed by atoms with Gasteiger partial charge in [0.05, 0.1) is 12.2 Å². The average molecular weight is 235 g/mol. The highest BCUT2D eigenvalue weighted by atomic mass is 16.5. The van der Waals surface area contributed by atoms with E-state index in [-0.39, 0.29) is 0 Å². The van der Waals surface area contributed by atoms with Crippen LogP contribution in [0.1, 0.15) is 37.1 Å². The first kappa shape index (κ1) is 11.2. The minimum absolute atomic E-state index is 0.681. The average Bonchev–Trinajstić information content (AvgIpc) is 3.02. The third-order valence-electron chi connectivity index (χ3n) is 3.61. The number of aromatic nitrogens is 1. The first-order valence-electron chi connectivity index (χ1n) is 6.70. The van der Waals surface area contributed by atoms with Crippen molar-refractivity contribution in [3.63, 3.8) is 0 Å². The molecule has 0 aromatic carbocycles. The summed E-state index contributed by atoms with van der Waals surface area (Å²) in [6.45, 7) is 5.21. The van der Waals surface area contributed by atoms with E-state index in [1.54, 1.807) is 0 Å². The summed E-state index contributed by atoms with van der Waals surface area (Å²) in [6.07, 6.45) is 5.36. The van der Waals surface area contributed by atoms with E-state index in [2.05, 4.69) is 15.4 Å². The molecule has 1 aliphatic carbocycles. The number of likely N-dealkylation sites (tertiary alicyclic amines) is 1. The van der Waals surface area contributed by atoms with Gasteiger partial charge in [0.15, 0.2) is 5.76 Å². The minimum atomic E-state index is 0.681. The van der Waals surface area contributed by atoms with Crippen LogP contribution in [0.5, 0.6) is 0 Å². The molecule has 3 rings (SSSR count). The van der Waals surface area contributed by atoms with E-state index in [0.717, 1.165) is 30.6 Å². The van der Waals surface area contributed by atoms with E-state index >= 15 is 0 Å². The van der Waals surface area contributed by atoms with Crippen molar-refractivity contribution < 1.29 is 4.52 Å².